The van der Waals surface area contributed by atoms with Gasteiger partial charge in [-0.3, -0.25) is 19.6 Å². The molecule has 0 aliphatic carbocycles. The Morgan fingerprint density at radius 1 is 1.11 bits per heavy atom. The predicted molar refractivity (Wildman–Crippen MR) is 64.9 cm³/mol. The van der Waals surface area contributed by atoms with Crippen molar-refractivity contribution in [3.8, 4) is 0 Å². The van der Waals surface area contributed by atoms with Gasteiger partial charge in [-0.1, -0.05) is 0 Å². The molecule has 0 spiro atoms. The van der Waals surface area contributed by atoms with Crippen LogP contribution in [0.4, 0.5) is 0 Å². The number of pyridine rings is 2. The van der Waals surface area contributed by atoms with E-state index < -0.39 is 17.8 Å². The summed E-state index contributed by atoms with van der Waals surface area (Å²) in [6.45, 7) is 0. The van der Waals surface area contributed by atoms with Crippen molar-refractivity contribution in [3.63, 3.8) is 0 Å². The lowest BCUT2D eigenvalue weighted by molar-refractivity contribution is -0.148. The van der Waals surface area contributed by atoms with Crippen molar-refractivity contribution in [3.05, 3.63) is 36.4 Å². The average molecular weight is 262 g/mol. The number of rotatable bonds is 1. The maximum Gasteiger partial charge on any atom is 0.394 e. The van der Waals surface area contributed by atoms with Gasteiger partial charge in [-0.15, -0.1) is 0 Å². The number of hydrogen-bond donors (Lipinski definition) is 3. The summed E-state index contributed by atoms with van der Waals surface area (Å²) >= 11 is 0. The molecule has 2 rings (SSSR count). The van der Waals surface area contributed by atoms with Crippen LogP contribution in [0.1, 0.15) is 10.5 Å². The maximum absolute atomic E-state index is 11.0. The van der Waals surface area contributed by atoms with E-state index in [2.05, 4.69) is 15.7 Å². The van der Waals surface area contributed by atoms with Gasteiger partial charge in [0.25, 0.3) is 5.91 Å². The van der Waals surface area contributed by atoms with Crippen LogP contribution < -0.4 is 11.5 Å². The molecule has 2 aromatic rings. The van der Waals surface area contributed by atoms with Crippen molar-refractivity contribution in [1.29, 1.82) is 0 Å². The molecule has 0 saturated heterocycles. The van der Waals surface area contributed by atoms with Gasteiger partial charge in [0.15, 0.2) is 0 Å². The Hall–Kier alpha value is -3.03. The first-order valence-electron chi connectivity index (χ1n) is 4.94. The standard InChI is InChI=1S/C9H7N3O.C2H3NO3/c10-9(13)8-7-2-3-11-5-6(7)1-4-12-8;3-1(4)2(5)6/h1-5H,(H2,10,13);(H2,3,4)(H,5,6). The summed E-state index contributed by atoms with van der Waals surface area (Å²) in [5.41, 5.74) is 9.65. The molecule has 98 valence electrons. The lowest BCUT2D eigenvalue weighted by Crippen LogP contribution is -2.21. The zero-order chi connectivity index (χ0) is 14.4. The van der Waals surface area contributed by atoms with Crippen molar-refractivity contribution < 1.29 is 19.5 Å². The molecule has 0 radical (unpaired) electrons. The molecule has 0 aromatic carbocycles. The van der Waals surface area contributed by atoms with E-state index in [0.29, 0.717) is 5.69 Å². The number of hydrogen-bond acceptors (Lipinski definition) is 5. The first-order chi connectivity index (χ1) is 8.93. The Morgan fingerprint density at radius 3 is 2.26 bits per heavy atom. The van der Waals surface area contributed by atoms with E-state index >= 15 is 0 Å². The van der Waals surface area contributed by atoms with Crippen LogP contribution in [0.2, 0.25) is 0 Å². The number of primary amides is 2. The first kappa shape index (κ1) is 14.0. The molecule has 8 heteroatoms. The fraction of sp³-hybridized carbons (Fsp3) is 0. The average Bonchev–Trinajstić information content (AvgIpc) is 2.38. The summed E-state index contributed by atoms with van der Waals surface area (Å²) < 4.78 is 0. The van der Waals surface area contributed by atoms with Crippen molar-refractivity contribution in [1.82, 2.24) is 9.97 Å². The highest BCUT2D eigenvalue weighted by molar-refractivity contribution is 6.30. The fourth-order valence-corrected chi connectivity index (χ4v) is 1.21. The minimum absolute atomic E-state index is 0.292. The maximum atomic E-state index is 11.0. The van der Waals surface area contributed by atoms with E-state index in [9.17, 15) is 14.4 Å². The molecule has 0 bridgehead atoms. The number of carbonyl (C=O) groups is 3. The number of aromatic nitrogens is 2. The third-order valence-electron chi connectivity index (χ3n) is 2.01. The Balaban J connectivity index is 0.000000258. The van der Waals surface area contributed by atoms with Crippen LogP contribution >= 0.6 is 0 Å². The van der Waals surface area contributed by atoms with Gasteiger partial charge in [-0.2, -0.15) is 0 Å². The Kier molecular flexibility index (Phi) is 4.47. The molecular weight excluding hydrogens is 252 g/mol. The molecule has 2 amide bonds. The van der Waals surface area contributed by atoms with E-state index in [4.69, 9.17) is 10.8 Å². The molecule has 0 saturated carbocycles. The predicted octanol–water partition coefficient (Wildman–Crippen LogP) is -0.715. The van der Waals surface area contributed by atoms with Gasteiger partial charge in [0.05, 0.1) is 0 Å². The van der Waals surface area contributed by atoms with Crippen LogP contribution in [-0.2, 0) is 9.59 Å². The lowest BCUT2D eigenvalue weighted by Gasteiger charge is -1.99. The Morgan fingerprint density at radius 2 is 1.74 bits per heavy atom. The third kappa shape index (κ3) is 3.73. The minimum atomic E-state index is -1.60. The Bertz CT molecular complexity index is 624. The summed E-state index contributed by atoms with van der Waals surface area (Å²) in [6.07, 6.45) is 4.82. The number of amides is 2. The first-order valence-corrected chi connectivity index (χ1v) is 4.94. The molecule has 0 unspecified atom stereocenters. The van der Waals surface area contributed by atoms with Gasteiger partial charge < -0.3 is 16.6 Å². The van der Waals surface area contributed by atoms with Gasteiger partial charge in [0.1, 0.15) is 5.69 Å². The largest absolute Gasteiger partial charge is 0.474 e. The van der Waals surface area contributed by atoms with Crippen molar-refractivity contribution in [2.24, 2.45) is 11.5 Å². The monoisotopic (exact) mass is 262 g/mol. The van der Waals surface area contributed by atoms with Gasteiger partial charge in [0, 0.05) is 29.4 Å². The molecule has 2 heterocycles. The highest BCUT2D eigenvalue weighted by atomic mass is 16.4. The smallest absolute Gasteiger partial charge is 0.394 e. The summed E-state index contributed by atoms with van der Waals surface area (Å²) in [5, 5.41) is 9.12. The molecular formula is C11H10N4O4. The molecule has 0 fully saturated rings. The van der Waals surface area contributed by atoms with Gasteiger partial charge >= 0.3 is 11.9 Å². The molecule has 0 aliphatic heterocycles. The van der Waals surface area contributed by atoms with E-state index in [0.717, 1.165) is 10.8 Å². The number of carbonyl (C=O) groups excluding carboxylic acids is 2. The van der Waals surface area contributed by atoms with Gasteiger partial charge in [-0.05, 0) is 12.1 Å². The van der Waals surface area contributed by atoms with Gasteiger partial charge in [-0.25, -0.2) is 4.79 Å². The van der Waals surface area contributed by atoms with Crippen molar-refractivity contribution in [2.45, 2.75) is 0 Å². The highest BCUT2D eigenvalue weighted by Crippen LogP contribution is 2.13. The van der Waals surface area contributed by atoms with Crippen LogP contribution in [0.25, 0.3) is 10.8 Å². The number of nitrogens with zero attached hydrogens (tertiary/aromatic N) is 2. The summed E-state index contributed by atoms with van der Waals surface area (Å²) in [5.74, 6) is -3.44. The lowest BCUT2D eigenvalue weighted by atomic mass is 10.1. The molecule has 0 aliphatic rings. The molecule has 5 N–H and O–H groups in total. The number of nitrogens with two attached hydrogens (primary N) is 2. The Labute approximate surface area is 107 Å². The molecule has 8 nitrogen and oxygen atoms in total. The van der Waals surface area contributed by atoms with Crippen LogP contribution in [0.15, 0.2) is 30.7 Å². The zero-order valence-corrected chi connectivity index (χ0v) is 9.61. The number of carboxylic acids is 1. The van der Waals surface area contributed by atoms with Crippen molar-refractivity contribution >= 4 is 28.6 Å². The van der Waals surface area contributed by atoms with Gasteiger partial charge in [0.2, 0.25) is 0 Å². The minimum Gasteiger partial charge on any atom is -0.474 e. The zero-order valence-electron chi connectivity index (χ0n) is 9.61. The van der Waals surface area contributed by atoms with E-state index in [1.165, 1.54) is 0 Å². The highest BCUT2D eigenvalue weighted by Gasteiger charge is 2.06. The number of aliphatic carboxylic acids is 1. The van der Waals surface area contributed by atoms with Crippen LogP contribution in [0, 0.1) is 0 Å². The van der Waals surface area contributed by atoms with E-state index in [1.54, 1.807) is 30.7 Å². The normalized spacial score (nSPS) is 9.26. The summed E-state index contributed by atoms with van der Waals surface area (Å²) in [7, 11) is 0. The summed E-state index contributed by atoms with van der Waals surface area (Å²) in [6, 6.07) is 3.51. The number of fused-ring (bicyclic) bond motifs is 1. The summed E-state index contributed by atoms with van der Waals surface area (Å²) in [4.78, 5) is 37.3. The quantitative estimate of drug-likeness (QED) is 0.577. The third-order valence-corrected chi connectivity index (χ3v) is 2.01. The number of carboxylic acid groups (broad SMARTS) is 1. The second kappa shape index (κ2) is 6.05. The van der Waals surface area contributed by atoms with E-state index in [-0.39, 0.29) is 0 Å². The van der Waals surface area contributed by atoms with Crippen LogP contribution in [0.5, 0.6) is 0 Å². The second-order valence-electron chi connectivity index (χ2n) is 3.29. The topological polar surface area (TPSA) is 149 Å². The van der Waals surface area contributed by atoms with E-state index in [1.807, 2.05) is 0 Å². The van der Waals surface area contributed by atoms with Crippen molar-refractivity contribution in [2.75, 3.05) is 0 Å². The second-order valence-corrected chi connectivity index (χ2v) is 3.29. The van der Waals surface area contributed by atoms with Crippen LogP contribution in [0.3, 0.4) is 0 Å². The SMILES string of the molecule is NC(=O)C(=O)O.NC(=O)c1nccc2cnccc12. The van der Waals surface area contributed by atoms with Crippen LogP contribution in [-0.4, -0.2) is 32.9 Å². The molecule has 19 heavy (non-hydrogen) atoms. The fourth-order valence-electron chi connectivity index (χ4n) is 1.21. The molecule has 2 aromatic heterocycles. The molecule has 0 atom stereocenters.